The van der Waals surface area contributed by atoms with E-state index in [0.717, 1.165) is 30.2 Å². The van der Waals surface area contributed by atoms with E-state index in [1.165, 1.54) is 11.1 Å². The molecule has 0 heterocycles. The minimum absolute atomic E-state index is 0.235. The van der Waals surface area contributed by atoms with E-state index in [9.17, 15) is 0 Å². The Morgan fingerprint density at radius 1 is 1.00 bits per heavy atom. The van der Waals surface area contributed by atoms with Crippen LogP contribution in [0.2, 0.25) is 0 Å². The number of benzene rings is 2. The van der Waals surface area contributed by atoms with Crippen molar-refractivity contribution in [2.45, 2.75) is 40.2 Å². The number of hydrogen-bond donors (Lipinski definition) is 1. The Balaban J connectivity index is 1.79. The standard InChI is InChI=1S/C20H27NO2/c1-5-17(4)23-20-8-6-7-18(14-20)21-11-12-22-19-10-9-15(2)16(3)13-19/h6-10,13-14,17,21H,5,11-12H2,1-4H3. The predicted octanol–water partition coefficient (Wildman–Crippen LogP) is 4.97. The third kappa shape index (κ3) is 5.51. The average Bonchev–Trinajstić information content (AvgIpc) is 2.55. The maximum Gasteiger partial charge on any atom is 0.121 e. The highest BCUT2D eigenvalue weighted by atomic mass is 16.5. The topological polar surface area (TPSA) is 30.5 Å². The largest absolute Gasteiger partial charge is 0.492 e. The first-order valence-corrected chi connectivity index (χ1v) is 8.29. The van der Waals surface area contributed by atoms with Crippen LogP contribution >= 0.6 is 0 Å². The number of nitrogens with one attached hydrogen (secondary N) is 1. The van der Waals surface area contributed by atoms with E-state index < -0.39 is 0 Å². The molecule has 124 valence electrons. The van der Waals surface area contributed by atoms with Gasteiger partial charge in [-0.05, 0) is 62.6 Å². The van der Waals surface area contributed by atoms with E-state index in [2.05, 4.69) is 45.1 Å². The van der Waals surface area contributed by atoms with E-state index in [-0.39, 0.29) is 6.10 Å². The fourth-order valence-corrected chi connectivity index (χ4v) is 2.16. The Morgan fingerprint density at radius 3 is 2.57 bits per heavy atom. The van der Waals surface area contributed by atoms with Crippen molar-refractivity contribution >= 4 is 5.69 Å². The van der Waals surface area contributed by atoms with Crippen molar-refractivity contribution in [3.63, 3.8) is 0 Å². The zero-order valence-corrected chi connectivity index (χ0v) is 14.6. The molecule has 1 atom stereocenters. The van der Waals surface area contributed by atoms with Gasteiger partial charge in [0.2, 0.25) is 0 Å². The molecule has 0 aliphatic rings. The lowest BCUT2D eigenvalue weighted by atomic mass is 10.1. The fraction of sp³-hybridized carbons (Fsp3) is 0.400. The van der Waals surface area contributed by atoms with Gasteiger partial charge in [0.1, 0.15) is 18.1 Å². The molecule has 2 aromatic carbocycles. The highest BCUT2D eigenvalue weighted by molar-refractivity contribution is 5.48. The number of anilines is 1. The second-order valence-corrected chi connectivity index (χ2v) is 5.89. The summed E-state index contributed by atoms with van der Waals surface area (Å²) < 4.78 is 11.6. The van der Waals surface area contributed by atoms with Crippen LogP contribution in [0.3, 0.4) is 0 Å². The van der Waals surface area contributed by atoms with Gasteiger partial charge in [-0.1, -0.05) is 19.1 Å². The van der Waals surface area contributed by atoms with Crippen LogP contribution in [-0.2, 0) is 0 Å². The van der Waals surface area contributed by atoms with Crippen molar-refractivity contribution in [1.29, 1.82) is 0 Å². The van der Waals surface area contributed by atoms with Gasteiger partial charge in [-0.15, -0.1) is 0 Å². The quantitative estimate of drug-likeness (QED) is 0.698. The number of rotatable bonds is 8. The molecular weight excluding hydrogens is 286 g/mol. The molecule has 1 N–H and O–H groups in total. The molecule has 0 aromatic heterocycles. The molecule has 3 nitrogen and oxygen atoms in total. The molecule has 0 saturated carbocycles. The highest BCUT2D eigenvalue weighted by Crippen LogP contribution is 2.19. The van der Waals surface area contributed by atoms with E-state index >= 15 is 0 Å². The van der Waals surface area contributed by atoms with E-state index in [0.29, 0.717) is 6.61 Å². The van der Waals surface area contributed by atoms with Gasteiger partial charge in [-0.3, -0.25) is 0 Å². The zero-order valence-electron chi connectivity index (χ0n) is 14.6. The third-order valence-corrected chi connectivity index (χ3v) is 3.92. The Kier molecular flexibility index (Phi) is 6.33. The summed E-state index contributed by atoms with van der Waals surface area (Å²) in [5.41, 5.74) is 3.59. The minimum Gasteiger partial charge on any atom is -0.492 e. The Labute approximate surface area is 139 Å². The maximum atomic E-state index is 5.83. The van der Waals surface area contributed by atoms with Gasteiger partial charge in [0.05, 0.1) is 6.10 Å². The summed E-state index contributed by atoms with van der Waals surface area (Å²) >= 11 is 0. The number of hydrogen-bond acceptors (Lipinski definition) is 3. The summed E-state index contributed by atoms with van der Waals surface area (Å²) in [4.78, 5) is 0. The van der Waals surface area contributed by atoms with Crippen molar-refractivity contribution in [1.82, 2.24) is 0 Å². The normalized spacial score (nSPS) is 11.8. The second-order valence-electron chi connectivity index (χ2n) is 5.89. The van der Waals surface area contributed by atoms with Crippen LogP contribution in [0.15, 0.2) is 42.5 Å². The lowest BCUT2D eigenvalue weighted by Gasteiger charge is -2.14. The minimum atomic E-state index is 0.235. The summed E-state index contributed by atoms with van der Waals surface area (Å²) in [6, 6.07) is 14.3. The molecule has 0 saturated heterocycles. The summed E-state index contributed by atoms with van der Waals surface area (Å²) in [5, 5.41) is 3.37. The lowest BCUT2D eigenvalue weighted by molar-refractivity contribution is 0.217. The van der Waals surface area contributed by atoms with Crippen LogP contribution in [0.25, 0.3) is 0 Å². The Hall–Kier alpha value is -2.16. The molecule has 0 bridgehead atoms. The van der Waals surface area contributed by atoms with Gasteiger partial charge in [0, 0.05) is 18.3 Å². The molecule has 23 heavy (non-hydrogen) atoms. The van der Waals surface area contributed by atoms with Gasteiger partial charge in [0.25, 0.3) is 0 Å². The highest BCUT2D eigenvalue weighted by Gasteiger charge is 2.02. The van der Waals surface area contributed by atoms with Crippen LogP contribution in [0.5, 0.6) is 11.5 Å². The molecule has 2 rings (SSSR count). The first-order chi connectivity index (χ1) is 11.1. The molecule has 2 aromatic rings. The first kappa shape index (κ1) is 17.2. The van der Waals surface area contributed by atoms with Crippen LogP contribution in [-0.4, -0.2) is 19.3 Å². The van der Waals surface area contributed by atoms with E-state index in [1.807, 2.05) is 30.3 Å². The molecule has 0 aliphatic heterocycles. The molecule has 1 unspecified atom stereocenters. The summed E-state index contributed by atoms with van der Waals surface area (Å²) in [6.07, 6.45) is 1.24. The van der Waals surface area contributed by atoms with Crippen LogP contribution < -0.4 is 14.8 Å². The third-order valence-electron chi connectivity index (χ3n) is 3.92. The summed E-state index contributed by atoms with van der Waals surface area (Å²) in [5.74, 6) is 1.82. The van der Waals surface area contributed by atoms with Crippen molar-refractivity contribution in [3.8, 4) is 11.5 Å². The van der Waals surface area contributed by atoms with Gasteiger partial charge in [-0.25, -0.2) is 0 Å². The van der Waals surface area contributed by atoms with Gasteiger partial charge >= 0.3 is 0 Å². The van der Waals surface area contributed by atoms with Crippen LogP contribution in [0.1, 0.15) is 31.4 Å². The molecular formula is C20H27NO2. The molecule has 0 amide bonds. The molecule has 0 radical (unpaired) electrons. The number of ether oxygens (including phenoxy) is 2. The van der Waals surface area contributed by atoms with Crippen molar-refractivity contribution in [2.24, 2.45) is 0 Å². The van der Waals surface area contributed by atoms with E-state index in [1.54, 1.807) is 0 Å². The Morgan fingerprint density at radius 2 is 1.83 bits per heavy atom. The van der Waals surface area contributed by atoms with E-state index in [4.69, 9.17) is 9.47 Å². The van der Waals surface area contributed by atoms with Crippen LogP contribution in [0.4, 0.5) is 5.69 Å². The Bertz CT molecular complexity index is 625. The van der Waals surface area contributed by atoms with Crippen molar-refractivity contribution < 1.29 is 9.47 Å². The summed E-state index contributed by atoms with van der Waals surface area (Å²) in [6.45, 7) is 9.78. The predicted molar refractivity (Wildman–Crippen MR) is 96.7 cm³/mol. The molecule has 0 spiro atoms. The number of aryl methyl sites for hydroxylation is 2. The van der Waals surface area contributed by atoms with Crippen molar-refractivity contribution in [3.05, 3.63) is 53.6 Å². The summed E-state index contributed by atoms with van der Waals surface area (Å²) in [7, 11) is 0. The molecule has 0 fully saturated rings. The lowest BCUT2D eigenvalue weighted by Crippen LogP contribution is -2.12. The zero-order chi connectivity index (χ0) is 16.7. The van der Waals surface area contributed by atoms with Gasteiger partial charge in [0.15, 0.2) is 0 Å². The molecule has 0 aliphatic carbocycles. The monoisotopic (exact) mass is 313 g/mol. The SMILES string of the molecule is CCC(C)Oc1cccc(NCCOc2ccc(C)c(C)c2)c1. The maximum absolute atomic E-state index is 5.83. The first-order valence-electron chi connectivity index (χ1n) is 8.29. The van der Waals surface area contributed by atoms with Crippen molar-refractivity contribution in [2.75, 3.05) is 18.5 Å². The second kappa shape index (κ2) is 8.47. The average molecular weight is 313 g/mol. The van der Waals surface area contributed by atoms with Gasteiger partial charge in [-0.2, -0.15) is 0 Å². The van der Waals surface area contributed by atoms with Crippen LogP contribution in [0, 0.1) is 13.8 Å². The fourth-order valence-electron chi connectivity index (χ4n) is 2.16. The smallest absolute Gasteiger partial charge is 0.121 e. The molecule has 3 heteroatoms. The van der Waals surface area contributed by atoms with Gasteiger partial charge < -0.3 is 14.8 Å².